The third kappa shape index (κ3) is 2.74. The summed E-state index contributed by atoms with van der Waals surface area (Å²) < 4.78 is 5.97. The van der Waals surface area contributed by atoms with Gasteiger partial charge in [0.1, 0.15) is 5.01 Å². The number of nitrogens with zero attached hydrogens (tertiary/aromatic N) is 3. The van der Waals surface area contributed by atoms with Crippen LogP contribution in [0, 0.1) is 12.8 Å². The minimum Gasteiger partial charge on any atom is -0.375 e. The monoisotopic (exact) mass is 267 g/mol. The molecule has 18 heavy (non-hydrogen) atoms. The summed E-state index contributed by atoms with van der Waals surface area (Å²) in [5, 5.41) is 3.37. The highest BCUT2D eigenvalue weighted by Crippen LogP contribution is 2.25. The maximum Gasteiger partial charge on any atom is 0.107 e. The van der Waals surface area contributed by atoms with Gasteiger partial charge in [0.15, 0.2) is 0 Å². The molecule has 4 nitrogen and oxygen atoms in total. The molecular formula is C13H21N3OS. The van der Waals surface area contributed by atoms with E-state index in [4.69, 9.17) is 4.74 Å². The summed E-state index contributed by atoms with van der Waals surface area (Å²) in [6.45, 7) is 8.37. The summed E-state index contributed by atoms with van der Waals surface area (Å²) in [6.07, 6.45) is 0.427. The zero-order valence-corrected chi connectivity index (χ0v) is 11.9. The SMILES string of the molecule is Cc1csc(CN2C[C@H]3CN(C)CCO[C@@H]3C2)n1. The molecule has 0 saturated carbocycles. The van der Waals surface area contributed by atoms with Gasteiger partial charge in [0, 0.05) is 43.2 Å². The summed E-state index contributed by atoms with van der Waals surface area (Å²) in [5.74, 6) is 0.665. The van der Waals surface area contributed by atoms with E-state index in [1.807, 2.05) is 0 Å². The standard InChI is InChI=1S/C13H21N3OS/c1-10-9-18-13(14-10)8-16-6-11-5-15(2)3-4-17-12(11)7-16/h9,11-12H,3-8H2,1-2H3/t11-,12-/m1/s1. The quantitative estimate of drug-likeness (QED) is 0.805. The van der Waals surface area contributed by atoms with Crippen LogP contribution in [0.2, 0.25) is 0 Å². The average molecular weight is 267 g/mol. The van der Waals surface area contributed by atoms with E-state index in [1.54, 1.807) is 11.3 Å². The van der Waals surface area contributed by atoms with Gasteiger partial charge in [0.2, 0.25) is 0 Å². The lowest BCUT2D eigenvalue weighted by atomic mass is 10.1. The van der Waals surface area contributed by atoms with Crippen LogP contribution >= 0.6 is 11.3 Å². The molecule has 0 amide bonds. The number of aryl methyl sites for hydroxylation is 1. The number of thiazole rings is 1. The van der Waals surface area contributed by atoms with E-state index < -0.39 is 0 Å². The van der Waals surface area contributed by atoms with Crippen LogP contribution in [0.1, 0.15) is 10.7 Å². The number of likely N-dealkylation sites (N-methyl/N-ethyl adjacent to an activating group) is 1. The van der Waals surface area contributed by atoms with E-state index in [-0.39, 0.29) is 0 Å². The van der Waals surface area contributed by atoms with Crippen LogP contribution in [-0.4, -0.2) is 60.7 Å². The predicted octanol–water partition coefficient (Wildman–Crippen LogP) is 1.21. The lowest BCUT2D eigenvalue weighted by Gasteiger charge is -2.18. The van der Waals surface area contributed by atoms with Gasteiger partial charge in [0.25, 0.3) is 0 Å². The minimum absolute atomic E-state index is 0.427. The number of likely N-dealkylation sites (tertiary alicyclic amines) is 1. The molecule has 2 saturated heterocycles. The Kier molecular flexibility index (Phi) is 3.66. The van der Waals surface area contributed by atoms with Crippen LogP contribution in [0.5, 0.6) is 0 Å². The Morgan fingerprint density at radius 1 is 1.44 bits per heavy atom. The molecule has 100 valence electrons. The predicted molar refractivity (Wildman–Crippen MR) is 72.9 cm³/mol. The van der Waals surface area contributed by atoms with Crippen LogP contribution in [0.15, 0.2) is 5.38 Å². The second-order valence-corrected chi connectivity index (χ2v) is 6.45. The van der Waals surface area contributed by atoms with E-state index >= 15 is 0 Å². The molecule has 2 aliphatic heterocycles. The fourth-order valence-electron chi connectivity index (χ4n) is 2.94. The first-order chi connectivity index (χ1) is 8.70. The third-order valence-corrected chi connectivity index (χ3v) is 4.78. The average Bonchev–Trinajstić information content (AvgIpc) is 2.83. The molecule has 3 rings (SSSR count). The molecule has 0 unspecified atom stereocenters. The van der Waals surface area contributed by atoms with E-state index in [9.17, 15) is 0 Å². The number of rotatable bonds is 2. The number of aromatic nitrogens is 1. The molecular weight excluding hydrogens is 246 g/mol. The van der Waals surface area contributed by atoms with Gasteiger partial charge in [-0.05, 0) is 14.0 Å². The Balaban J connectivity index is 1.60. The topological polar surface area (TPSA) is 28.6 Å². The van der Waals surface area contributed by atoms with Gasteiger partial charge in [-0.3, -0.25) is 4.90 Å². The highest BCUT2D eigenvalue weighted by atomic mass is 32.1. The second-order valence-electron chi connectivity index (χ2n) is 5.51. The smallest absolute Gasteiger partial charge is 0.107 e. The van der Waals surface area contributed by atoms with Crippen molar-refractivity contribution in [3.05, 3.63) is 16.1 Å². The third-order valence-electron chi connectivity index (χ3n) is 3.83. The van der Waals surface area contributed by atoms with E-state index in [0.29, 0.717) is 12.0 Å². The van der Waals surface area contributed by atoms with Crippen molar-refractivity contribution < 1.29 is 4.74 Å². The van der Waals surface area contributed by atoms with Crippen LogP contribution in [0.4, 0.5) is 0 Å². The van der Waals surface area contributed by atoms with Crippen molar-refractivity contribution in [2.45, 2.75) is 19.6 Å². The van der Waals surface area contributed by atoms with E-state index in [1.165, 1.54) is 5.01 Å². The molecule has 0 aromatic carbocycles. The lowest BCUT2D eigenvalue weighted by molar-refractivity contribution is 0.0514. The normalized spacial score (nSPS) is 30.3. The van der Waals surface area contributed by atoms with E-state index in [2.05, 4.69) is 34.1 Å². The van der Waals surface area contributed by atoms with E-state index in [0.717, 1.165) is 45.0 Å². The number of hydrogen-bond acceptors (Lipinski definition) is 5. The highest BCUT2D eigenvalue weighted by molar-refractivity contribution is 7.09. The molecule has 1 aromatic heterocycles. The maximum atomic E-state index is 5.97. The molecule has 2 aliphatic rings. The second kappa shape index (κ2) is 5.25. The fourth-order valence-corrected chi connectivity index (χ4v) is 3.75. The van der Waals surface area contributed by atoms with Crippen molar-refractivity contribution in [2.24, 2.45) is 5.92 Å². The minimum atomic E-state index is 0.427. The molecule has 0 N–H and O–H groups in total. The molecule has 0 aliphatic carbocycles. The molecule has 1 aromatic rings. The molecule has 0 radical (unpaired) electrons. The lowest BCUT2D eigenvalue weighted by Crippen LogP contribution is -2.29. The van der Waals surface area contributed by atoms with Gasteiger partial charge >= 0.3 is 0 Å². The molecule has 5 heteroatoms. The molecule has 2 fully saturated rings. The van der Waals surface area contributed by atoms with Crippen LogP contribution in [0.3, 0.4) is 0 Å². The Bertz CT molecular complexity index is 409. The number of hydrogen-bond donors (Lipinski definition) is 0. The maximum absolute atomic E-state index is 5.97. The summed E-state index contributed by atoms with van der Waals surface area (Å²) in [7, 11) is 2.19. The first-order valence-corrected chi connectivity index (χ1v) is 7.52. The van der Waals surface area contributed by atoms with Crippen LogP contribution in [0.25, 0.3) is 0 Å². The highest BCUT2D eigenvalue weighted by Gasteiger charge is 2.35. The van der Waals surface area contributed by atoms with Gasteiger partial charge in [-0.1, -0.05) is 0 Å². The fraction of sp³-hybridized carbons (Fsp3) is 0.769. The first-order valence-electron chi connectivity index (χ1n) is 6.64. The summed E-state index contributed by atoms with van der Waals surface area (Å²) in [6, 6.07) is 0. The Morgan fingerprint density at radius 3 is 3.11 bits per heavy atom. The van der Waals surface area contributed by atoms with Gasteiger partial charge in [-0.15, -0.1) is 11.3 Å². The van der Waals surface area contributed by atoms with Gasteiger partial charge in [0.05, 0.1) is 19.3 Å². The zero-order valence-electron chi connectivity index (χ0n) is 11.1. The zero-order chi connectivity index (χ0) is 12.5. The first kappa shape index (κ1) is 12.5. The van der Waals surface area contributed by atoms with Gasteiger partial charge in [-0.25, -0.2) is 4.98 Å². The van der Waals surface area contributed by atoms with Gasteiger partial charge in [-0.2, -0.15) is 0 Å². The molecule has 0 bridgehead atoms. The van der Waals surface area contributed by atoms with Crippen molar-refractivity contribution in [2.75, 3.05) is 39.8 Å². The Labute approximate surface area is 113 Å². The van der Waals surface area contributed by atoms with Crippen LogP contribution < -0.4 is 0 Å². The Morgan fingerprint density at radius 2 is 2.33 bits per heavy atom. The number of fused-ring (bicyclic) bond motifs is 1. The summed E-state index contributed by atoms with van der Waals surface area (Å²) in [4.78, 5) is 9.43. The van der Waals surface area contributed by atoms with Crippen molar-refractivity contribution in [1.29, 1.82) is 0 Å². The van der Waals surface area contributed by atoms with Crippen molar-refractivity contribution >= 4 is 11.3 Å². The number of ether oxygens (including phenoxy) is 1. The Hall–Kier alpha value is -0.490. The van der Waals surface area contributed by atoms with Crippen molar-refractivity contribution in [3.8, 4) is 0 Å². The van der Waals surface area contributed by atoms with Crippen LogP contribution in [-0.2, 0) is 11.3 Å². The summed E-state index contributed by atoms with van der Waals surface area (Å²) >= 11 is 1.77. The molecule has 2 atom stereocenters. The molecule has 0 spiro atoms. The van der Waals surface area contributed by atoms with Crippen molar-refractivity contribution in [3.63, 3.8) is 0 Å². The summed E-state index contributed by atoms with van der Waals surface area (Å²) in [5.41, 5.74) is 1.14. The van der Waals surface area contributed by atoms with Crippen molar-refractivity contribution in [1.82, 2.24) is 14.8 Å². The molecule has 3 heterocycles. The van der Waals surface area contributed by atoms with Gasteiger partial charge < -0.3 is 9.64 Å². The largest absolute Gasteiger partial charge is 0.375 e.